The molecule has 5 nitrogen and oxygen atoms in total. The van der Waals surface area contributed by atoms with Crippen molar-refractivity contribution in [2.75, 3.05) is 33.0 Å². The highest BCUT2D eigenvalue weighted by Crippen LogP contribution is 2.26. The summed E-state index contributed by atoms with van der Waals surface area (Å²) in [6.45, 7) is 1.41. The zero-order valence-electron chi connectivity index (χ0n) is 11.4. The van der Waals surface area contributed by atoms with Crippen molar-refractivity contribution in [2.24, 2.45) is 0 Å². The van der Waals surface area contributed by atoms with Crippen molar-refractivity contribution in [1.82, 2.24) is 4.90 Å². The van der Waals surface area contributed by atoms with E-state index in [1.54, 1.807) is 18.2 Å². The van der Waals surface area contributed by atoms with Crippen LogP contribution in [-0.4, -0.2) is 44.2 Å². The molecule has 0 bridgehead atoms. The lowest BCUT2D eigenvalue weighted by Gasteiger charge is -2.16. The normalized spacial score (nSPS) is 14.5. The molecule has 1 saturated carbocycles. The highest BCUT2D eigenvalue weighted by Gasteiger charge is 2.25. The lowest BCUT2D eigenvalue weighted by atomic mass is 10.2. The molecular weight excluding hydrogens is 244 g/mol. The van der Waals surface area contributed by atoms with Gasteiger partial charge in [0.15, 0.2) is 0 Å². The first kappa shape index (κ1) is 13.7. The molecule has 0 amide bonds. The summed E-state index contributed by atoms with van der Waals surface area (Å²) in [5.41, 5.74) is 6.81. The Morgan fingerprint density at radius 3 is 2.84 bits per heavy atom. The minimum atomic E-state index is -0.389. The molecule has 104 valence electrons. The van der Waals surface area contributed by atoms with Gasteiger partial charge in [-0.2, -0.15) is 0 Å². The van der Waals surface area contributed by atoms with E-state index in [2.05, 4.69) is 16.7 Å². The van der Waals surface area contributed by atoms with Crippen molar-refractivity contribution >= 4 is 11.7 Å². The molecule has 5 heteroatoms. The number of anilines is 1. The number of nitrogens with zero attached hydrogens (tertiary/aromatic N) is 1. The molecule has 0 unspecified atom stereocenters. The minimum Gasteiger partial charge on any atom is -0.490 e. The molecule has 0 aromatic heterocycles. The van der Waals surface area contributed by atoms with Crippen LogP contribution in [0.25, 0.3) is 0 Å². The molecular formula is C14H20N2O3. The summed E-state index contributed by atoms with van der Waals surface area (Å²) in [5.74, 6) is 0.145. The van der Waals surface area contributed by atoms with E-state index in [0.29, 0.717) is 29.6 Å². The summed E-state index contributed by atoms with van der Waals surface area (Å²) < 4.78 is 10.3. The maximum Gasteiger partial charge on any atom is 0.337 e. The number of methoxy groups -OCH3 is 1. The van der Waals surface area contributed by atoms with Gasteiger partial charge >= 0.3 is 5.97 Å². The van der Waals surface area contributed by atoms with Crippen LogP contribution in [0.15, 0.2) is 18.2 Å². The van der Waals surface area contributed by atoms with Gasteiger partial charge in [-0.15, -0.1) is 0 Å². The van der Waals surface area contributed by atoms with Crippen molar-refractivity contribution in [3.8, 4) is 5.75 Å². The summed E-state index contributed by atoms with van der Waals surface area (Å²) in [5, 5.41) is 0. The van der Waals surface area contributed by atoms with Crippen LogP contribution >= 0.6 is 0 Å². The maximum absolute atomic E-state index is 11.4. The predicted octanol–water partition coefficient (Wildman–Crippen LogP) is 1.53. The van der Waals surface area contributed by atoms with Crippen molar-refractivity contribution < 1.29 is 14.3 Å². The number of likely N-dealkylation sites (N-methyl/N-ethyl adjacent to an activating group) is 1. The fourth-order valence-electron chi connectivity index (χ4n) is 1.90. The van der Waals surface area contributed by atoms with Crippen molar-refractivity contribution in [3.05, 3.63) is 23.8 Å². The van der Waals surface area contributed by atoms with Crippen LogP contribution in [0.2, 0.25) is 0 Å². The van der Waals surface area contributed by atoms with Crippen LogP contribution in [0.3, 0.4) is 0 Å². The summed E-state index contributed by atoms with van der Waals surface area (Å²) in [7, 11) is 3.44. The fraction of sp³-hybridized carbons (Fsp3) is 0.500. The standard InChI is InChI=1S/C14H20N2O3/c1-16(11-4-5-11)7-8-19-13-9-10(14(17)18-2)3-6-12(13)15/h3,6,9,11H,4-5,7-8,15H2,1-2H3. The second-order valence-electron chi connectivity index (χ2n) is 4.80. The minimum absolute atomic E-state index is 0.389. The molecule has 1 aliphatic carbocycles. The van der Waals surface area contributed by atoms with Gasteiger partial charge in [0.1, 0.15) is 12.4 Å². The smallest absolute Gasteiger partial charge is 0.337 e. The van der Waals surface area contributed by atoms with Crippen LogP contribution < -0.4 is 10.5 Å². The summed E-state index contributed by atoms with van der Waals surface area (Å²) >= 11 is 0. The molecule has 0 aliphatic heterocycles. The second kappa shape index (κ2) is 5.93. The zero-order chi connectivity index (χ0) is 13.8. The molecule has 0 spiro atoms. The highest BCUT2D eigenvalue weighted by molar-refractivity contribution is 5.90. The zero-order valence-corrected chi connectivity index (χ0v) is 11.4. The van der Waals surface area contributed by atoms with Crippen molar-refractivity contribution in [2.45, 2.75) is 18.9 Å². The van der Waals surface area contributed by atoms with Gasteiger partial charge in [-0.25, -0.2) is 4.79 Å². The van der Waals surface area contributed by atoms with Crippen LogP contribution in [0.1, 0.15) is 23.2 Å². The van der Waals surface area contributed by atoms with E-state index in [1.165, 1.54) is 20.0 Å². The summed E-state index contributed by atoms with van der Waals surface area (Å²) in [4.78, 5) is 13.7. The Kier molecular flexibility index (Phi) is 4.27. The third-order valence-electron chi connectivity index (χ3n) is 3.31. The van der Waals surface area contributed by atoms with Crippen LogP contribution in [-0.2, 0) is 4.74 Å². The molecule has 1 aliphatic rings. The van der Waals surface area contributed by atoms with Gasteiger partial charge in [-0.1, -0.05) is 0 Å². The van der Waals surface area contributed by atoms with Crippen molar-refractivity contribution in [1.29, 1.82) is 0 Å². The summed E-state index contributed by atoms with van der Waals surface area (Å²) in [6.07, 6.45) is 2.55. The number of esters is 1. The lowest BCUT2D eigenvalue weighted by molar-refractivity contribution is 0.0600. The Balaban J connectivity index is 1.92. The quantitative estimate of drug-likeness (QED) is 0.623. The Morgan fingerprint density at radius 2 is 2.21 bits per heavy atom. The van der Waals surface area contributed by atoms with Crippen LogP contribution in [0.4, 0.5) is 5.69 Å². The number of nitrogens with two attached hydrogens (primary N) is 1. The van der Waals surface area contributed by atoms with E-state index in [-0.39, 0.29) is 5.97 Å². The Labute approximate surface area is 113 Å². The first-order chi connectivity index (χ1) is 9.11. The molecule has 1 aromatic carbocycles. The van der Waals surface area contributed by atoms with Crippen molar-refractivity contribution in [3.63, 3.8) is 0 Å². The van der Waals surface area contributed by atoms with E-state index in [1.807, 2.05) is 0 Å². The summed E-state index contributed by atoms with van der Waals surface area (Å²) in [6, 6.07) is 5.62. The number of ether oxygens (including phenoxy) is 2. The number of carbonyl (C=O) groups excluding carboxylic acids is 1. The molecule has 0 atom stereocenters. The molecule has 19 heavy (non-hydrogen) atoms. The molecule has 2 rings (SSSR count). The number of hydrogen-bond donors (Lipinski definition) is 1. The monoisotopic (exact) mass is 264 g/mol. The van der Waals surface area contributed by atoms with E-state index >= 15 is 0 Å². The fourth-order valence-corrected chi connectivity index (χ4v) is 1.90. The highest BCUT2D eigenvalue weighted by atomic mass is 16.5. The number of hydrogen-bond acceptors (Lipinski definition) is 5. The van der Waals surface area contributed by atoms with E-state index in [4.69, 9.17) is 10.5 Å². The van der Waals surface area contributed by atoms with Crippen LogP contribution in [0.5, 0.6) is 5.75 Å². The Hall–Kier alpha value is -1.75. The second-order valence-corrected chi connectivity index (χ2v) is 4.80. The molecule has 2 N–H and O–H groups in total. The van der Waals surface area contributed by atoms with Gasteiger partial charge in [0, 0.05) is 12.6 Å². The molecule has 1 aromatic rings. The topological polar surface area (TPSA) is 64.8 Å². The number of carbonyl (C=O) groups is 1. The number of rotatable bonds is 6. The SMILES string of the molecule is COC(=O)c1ccc(N)c(OCCN(C)C2CC2)c1. The largest absolute Gasteiger partial charge is 0.490 e. The van der Waals surface area contributed by atoms with Gasteiger partial charge in [0.05, 0.1) is 18.4 Å². The third-order valence-corrected chi connectivity index (χ3v) is 3.31. The Morgan fingerprint density at radius 1 is 1.47 bits per heavy atom. The average molecular weight is 264 g/mol. The van der Waals surface area contributed by atoms with Crippen LogP contribution in [0, 0.1) is 0 Å². The first-order valence-electron chi connectivity index (χ1n) is 6.42. The molecule has 0 heterocycles. The molecule has 0 saturated heterocycles. The van der Waals surface area contributed by atoms with Gasteiger partial charge in [0.2, 0.25) is 0 Å². The first-order valence-corrected chi connectivity index (χ1v) is 6.42. The Bertz CT molecular complexity index is 458. The van der Waals surface area contributed by atoms with Gasteiger partial charge < -0.3 is 20.1 Å². The van der Waals surface area contributed by atoms with Gasteiger partial charge in [-0.3, -0.25) is 0 Å². The average Bonchev–Trinajstić information content (AvgIpc) is 3.24. The molecule has 1 fully saturated rings. The number of nitrogen functional groups attached to an aromatic ring is 1. The number of benzene rings is 1. The van der Waals surface area contributed by atoms with Gasteiger partial charge in [0.25, 0.3) is 0 Å². The third kappa shape index (κ3) is 3.61. The van der Waals surface area contributed by atoms with Gasteiger partial charge in [-0.05, 0) is 38.1 Å². The lowest BCUT2D eigenvalue weighted by Crippen LogP contribution is -2.26. The predicted molar refractivity (Wildman–Crippen MR) is 73.3 cm³/mol. The maximum atomic E-state index is 11.4. The van der Waals surface area contributed by atoms with E-state index in [9.17, 15) is 4.79 Å². The molecule has 0 radical (unpaired) electrons. The van der Waals surface area contributed by atoms with E-state index < -0.39 is 0 Å². The van der Waals surface area contributed by atoms with E-state index in [0.717, 1.165) is 6.54 Å².